The lowest BCUT2D eigenvalue weighted by Crippen LogP contribution is -2.74. The Balaban J connectivity index is 1.57. The second-order valence-corrected chi connectivity index (χ2v) is 9.71. The lowest BCUT2D eigenvalue weighted by Gasteiger charge is -2.56. The molecule has 4 bridgehead atoms. The topological polar surface area (TPSA) is 70.7 Å². The molecule has 3 heterocycles. The summed E-state index contributed by atoms with van der Waals surface area (Å²) in [6.45, 7) is 8.04. The van der Waals surface area contributed by atoms with E-state index >= 15 is 0 Å². The summed E-state index contributed by atoms with van der Waals surface area (Å²) in [5, 5.41) is 6.85. The van der Waals surface area contributed by atoms with Gasteiger partial charge in [0.1, 0.15) is 5.54 Å². The Bertz CT molecular complexity index is 768. The third kappa shape index (κ3) is 3.87. The van der Waals surface area contributed by atoms with Crippen LogP contribution >= 0.6 is 0 Å². The molecule has 4 fully saturated rings. The van der Waals surface area contributed by atoms with Gasteiger partial charge in [-0.15, -0.1) is 0 Å². The van der Waals surface area contributed by atoms with E-state index in [-0.39, 0.29) is 17.8 Å². The number of fused-ring (bicyclic) bond motifs is 1. The van der Waals surface area contributed by atoms with Crippen molar-refractivity contribution in [3.05, 3.63) is 35.9 Å². The van der Waals surface area contributed by atoms with Crippen LogP contribution in [0, 0.1) is 23.7 Å². The summed E-state index contributed by atoms with van der Waals surface area (Å²) < 4.78 is 4.92. The van der Waals surface area contributed by atoms with Crippen LogP contribution in [0.4, 0.5) is 0 Å². The average molecular weight is 414 g/mol. The number of piperidine rings is 2. The van der Waals surface area contributed by atoms with Crippen LogP contribution in [-0.4, -0.2) is 55.1 Å². The molecular weight excluding hydrogens is 378 g/mol. The zero-order valence-electron chi connectivity index (χ0n) is 18.4. The first kappa shape index (κ1) is 21.3. The second-order valence-electron chi connectivity index (χ2n) is 9.71. The molecule has 6 heteroatoms. The first-order chi connectivity index (χ1) is 14.4. The summed E-state index contributed by atoms with van der Waals surface area (Å²) >= 11 is 0. The Kier molecular flexibility index (Phi) is 6.16. The van der Waals surface area contributed by atoms with E-state index in [1.807, 2.05) is 30.3 Å². The highest BCUT2D eigenvalue weighted by molar-refractivity contribution is 5.87. The molecule has 0 radical (unpaired) electrons. The van der Waals surface area contributed by atoms with Gasteiger partial charge in [-0.05, 0) is 36.2 Å². The monoisotopic (exact) mass is 413 g/mol. The van der Waals surface area contributed by atoms with Crippen LogP contribution in [0.1, 0.15) is 38.7 Å². The molecule has 1 saturated carbocycles. The Morgan fingerprint density at radius 3 is 2.77 bits per heavy atom. The quantitative estimate of drug-likeness (QED) is 0.640. The molecule has 1 aliphatic carbocycles. The lowest BCUT2D eigenvalue weighted by molar-refractivity contribution is -0.145. The predicted molar refractivity (Wildman–Crippen MR) is 116 cm³/mol. The predicted octanol–water partition coefficient (Wildman–Crippen LogP) is 2.19. The number of esters is 1. The van der Waals surface area contributed by atoms with Crippen molar-refractivity contribution >= 4 is 11.9 Å². The van der Waals surface area contributed by atoms with Gasteiger partial charge in [-0.3, -0.25) is 14.5 Å². The van der Waals surface area contributed by atoms with Crippen molar-refractivity contribution in [2.45, 2.75) is 51.2 Å². The van der Waals surface area contributed by atoms with Gasteiger partial charge >= 0.3 is 5.97 Å². The molecule has 1 amide bonds. The summed E-state index contributed by atoms with van der Waals surface area (Å²) in [6, 6.07) is 10.4. The Morgan fingerprint density at radius 2 is 2.07 bits per heavy atom. The molecule has 3 saturated heterocycles. The first-order valence-electron chi connectivity index (χ1n) is 11.3. The van der Waals surface area contributed by atoms with Gasteiger partial charge in [0.15, 0.2) is 0 Å². The molecule has 5 atom stereocenters. The van der Waals surface area contributed by atoms with Crippen molar-refractivity contribution in [1.29, 1.82) is 0 Å². The third-order valence-electron chi connectivity index (χ3n) is 7.41. The normalized spacial score (nSPS) is 32.4. The molecule has 1 aromatic rings. The minimum Gasteiger partial charge on any atom is -0.469 e. The Morgan fingerprint density at radius 1 is 1.30 bits per heavy atom. The number of methoxy groups -OCH3 is 1. The van der Waals surface area contributed by atoms with Crippen molar-refractivity contribution < 1.29 is 14.3 Å². The fraction of sp³-hybridized carbons (Fsp3) is 0.667. The molecular formula is C24H35N3O3. The number of likely N-dealkylation sites (tertiary alicyclic amines) is 1. The summed E-state index contributed by atoms with van der Waals surface area (Å²) in [7, 11) is 1.44. The third-order valence-corrected chi connectivity index (χ3v) is 7.41. The van der Waals surface area contributed by atoms with Gasteiger partial charge in [0.05, 0.1) is 7.11 Å². The van der Waals surface area contributed by atoms with Crippen molar-refractivity contribution in [2.75, 3.05) is 26.7 Å². The van der Waals surface area contributed by atoms with E-state index in [0.717, 1.165) is 31.6 Å². The van der Waals surface area contributed by atoms with Gasteiger partial charge in [-0.1, -0.05) is 44.2 Å². The van der Waals surface area contributed by atoms with Crippen LogP contribution < -0.4 is 10.6 Å². The summed E-state index contributed by atoms with van der Waals surface area (Å²) in [5.41, 5.74) is 0.501. The number of nitrogens with one attached hydrogen (secondary N) is 2. The molecule has 6 nitrogen and oxygen atoms in total. The summed E-state index contributed by atoms with van der Waals surface area (Å²) in [4.78, 5) is 28.2. The molecule has 5 rings (SSSR count). The van der Waals surface area contributed by atoms with E-state index in [1.165, 1.54) is 7.11 Å². The average Bonchev–Trinajstić information content (AvgIpc) is 3.04. The summed E-state index contributed by atoms with van der Waals surface area (Å²) in [6.07, 6.45) is 1.90. The minimum absolute atomic E-state index is 0.0840. The molecule has 30 heavy (non-hydrogen) atoms. The van der Waals surface area contributed by atoms with E-state index in [2.05, 4.69) is 29.4 Å². The van der Waals surface area contributed by atoms with Gasteiger partial charge in [-0.2, -0.15) is 0 Å². The number of nitrogens with zero attached hydrogens (tertiary/aromatic N) is 1. The minimum atomic E-state index is -0.599. The maximum Gasteiger partial charge on any atom is 0.305 e. The molecule has 164 valence electrons. The number of rotatable bonds is 8. The maximum atomic E-state index is 13.6. The second kappa shape index (κ2) is 8.67. The van der Waals surface area contributed by atoms with Crippen molar-refractivity contribution in [3.8, 4) is 0 Å². The van der Waals surface area contributed by atoms with Gasteiger partial charge in [0, 0.05) is 44.6 Å². The van der Waals surface area contributed by atoms with Gasteiger partial charge in [0.25, 0.3) is 0 Å². The number of carbonyl (C=O) groups is 2. The first-order valence-corrected chi connectivity index (χ1v) is 11.3. The fourth-order valence-corrected chi connectivity index (χ4v) is 6.26. The van der Waals surface area contributed by atoms with E-state index in [4.69, 9.17) is 4.74 Å². The van der Waals surface area contributed by atoms with Crippen LogP contribution in [0.3, 0.4) is 0 Å². The van der Waals surface area contributed by atoms with Gasteiger partial charge in [0.2, 0.25) is 5.91 Å². The molecule has 1 aromatic carbocycles. The zero-order chi connectivity index (χ0) is 21.3. The van der Waals surface area contributed by atoms with E-state index < -0.39 is 5.54 Å². The van der Waals surface area contributed by atoms with Crippen LogP contribution in [0.2, 0.25) is 0 Å². The molecule has 2 N–H and O–H groups in total. The molecule has 0 aromatic heterocycles. The van der Waals surface area contributed by atoms with Crippen molar-refractivity contribution in [3.63, 3.8) is 0 Å². The van der Waals surface area contributed by atoms with Crippen molar-refractivity contribution in [2.24, 2.45) is 23.7 Å². The standard InChI is InChI=1S/C24H35N3O3/c1-16(2)14-27-15-18-11-24(23(29)25-12-17-7-5-4-6-8-17)20(9-10-21(28)30-3)22(27)19(18)13-26-24/h4-8,16,18-20,22,26H,9-15H2,1-3H3,(H,25,29)/t18-,19-,20-,22+,24+/m1/s1. The number of benzene rings is 1. The zero-order valence-corrected chi connectivity index (χ0v) is 18.4. The lowest BCUT2D eigenvalue weighted by atomic mass is 9.58. The smallest absolute Gasteiger partial charge is 0.305 e. The molecule has 0 unspecified atom stereocenters. The fourth-order valence-electron chi connectivity index (χ4n) is 6.26. The van der Waals surface area contributed by atoms with Gasteiger partial charge < -0.3 is 15.4 Å². The number of ether oxygens (including phenoxy) is 1. The number of hydrogen-bond donors (Lipinski definition) is 2. The highest BCUT2D eigenvalue weighted by Crippen LogP contribution is 2.53. The maximum absolute atomic E-state index is 13.6. The highest BCUT2D eigenvalue weighted by atomic mass is 16.5. The van der Waals surface area contributed by atoms with Crippen molar-refractivity contribution in [1.82, 2.24) is 15.5 Å². The van der Waals surface area contributed by atoms with Crippen LogP contribution in [0.5, 0.6) is 0 Å². The number of amides is 1. The SMILES string of the molecule is COC(=O)CC[C@@H]1[C@@H]2[C@@H]3CN[C@@]1(C(=O)NCc1ccccc1)C[C@@H]3CN2CC(C)C. The number of hydrogen-bond acceptors (Lipinski definition) is 5. The molecule has 0 spiro atoms. The highest BCUT2D eigenvalue weighted by Gasteiger charge is 2.64. The molecule has 4 aliphatic rings. The van der Waals surface area contributed by atoms with Gasteiger partial charge in [-0.25, -0.2) is 0 Å². The Labute approximate surface area is 179 Å². The molecule has 3 aliphatic heterocycles. The van der Waals surface area contributed by atoms with E-state index in [0.29, 0.717) is 43.2 Å². The van der Waals surface area contributed by atoms with E-state index in [9.17, 15) is 9.59 Å². The largest absolute Gasteiger partial charge is 0.469 e. The Hall–Kier alpha value is -1.92. The van der Waals surface area contributed by atoms with Crippen LogP contribution in [-0.2, 0) is 20.9 Å². The number of carbonyl (C=O) groups excluding carboxylic acids is 2. The summed E-state index contributed by atoms with van der Waals surface area (Å²) in [5.74, 6) is 1.70. The van der Waals surface area contributed by atoms with Crippen LogP contribution in [0.15, 0.2) is 30.3 Å². The van der Waals surface area contributed by atoms with Crippen LogP contribution in [0.25, 0.3) is 0 Å². The van der Waals surface area contributed by atoms with E-state index in [1.54, 1.807) is 0 Å².